The highest BCUT2D eigenvalue weighted by Crippen LogP contribution is 2.46. The number of carbonyl (C=O) groups is 1. The predicted octanol–water partition coefficient (Wildman–Crippen LogP) is 6.43. The Morgan fingerprint density at radius 1 is 0.947 bits per heavy atom. The Balaban J connectivity index is 1.53. The second-order valence-electron chi connectivity index (χ2n) is 8.78. The zero-order valence-electron chi connectivity index (χ0n) is 20.3. The van der Waals surface area contributed by atoms with Crippen LogP contribution in [0.3, 0.4) is 0 Å². The number of aromatic nitrogens is 2. The van der Waals surface area contributed by atoms with E-state index in [-0.39, 0.29) is 10.0 Å². The van der Waals surface area contributed by atoms with Gasteiger partial charge < -0.3 is 5.11 Å². The number of hydrogen-bond donors (Lipinski definition) is 1. The van der Waals surface area contributed by atoms with E-state index >= 15 is 0 Å². The molecule has 7 nitrogen and oxygen atoms in total. The first kappa shape index (κ1) is 26.4. The molecule has 4 aromatic rings. The summed E-state index contributed by atoms with van der Waals surface area (Å²) in [5.74, 6) is -1.04. The van der Waals surface area contributed by atoms with Gasteiger partial charge in [-0.1, -0.05) is 94.4 Å². The highest BCUT2D eigenvalue weighted by Gasteiger charge is 2.48. The van der Waals surface area contributed by atoms with Gasteiger partial charge in [-0.05, 0) is 49.2 Å². The molecule has 5 rings (SSSR count). The minimum Gasteiger partial charge on any atom is -0.502 e. The number of amides is 1. The average molecular weight is 584 g/mol. The predicted molar refractivity (Wildman–Crippen MR) is 150 cm³/mol. The molecule has 38 heavy (non-hydrogen) atoms. The van der Waals surface area contributed by atoms with Gasteiger partial charge in [0.2, 0.25) is 15.0 Å². The van der Waals surface area contributed by atoms with Gasteiger partial charge in [0, 0.05) is 10.8 Å². The number of halogens is 1. The third kappa shape index (κ3) is 5.09. The van der Waals surface area contributed by atoms with E-state index in [2.05, 4.69) is 10.2 Å². The number of anilines is 1. The Morgan fingerprint density at radius 2 is 1.55 bits per heavy atom. The Kier molecular flexibility index (Phi) is 7.32. The van der Waals surface area contributed by atoms with Crippen LogP contribution in [-0.4, -0.2) is 29.6 Å². The molecule has 0 fully saturated rings. The lowest BCUT2D eigenvalue weighted by molar-refractivity contribution is -0.117. The van der Waals surface area contributed by atoms with E-state index < -0.39 is 32.5 Å². The van der Waals surface area contributed by atoms with E-state index in [1.165, 1.54) is 34.4 Å². The fraction of sp³-hybridized carbons (Fsp3) is 0.148. The van der Waals surface area contributed by atoms with Crippen molar-refractivity contribution >= 4 is 55.6 Å². The maximum atomic E-state index is 13.8. The van der Waals surface area contributed by atoms with E-state index in [4.69, 9.17) is 11.6 Å². The number of carbonyl (C=O) groups excluding carboxylic acids is 1. The van der Waals surface area contributed by atoms with Crippen molar-refractivity contribution in [1.29, 1.82) is 0 Å². The summed E-state index contributed by atoms with van der Waals surface area (Å²) in [5, 5.41) is 20.0. The molecule has 1 atom stereocenters. The molecule has 0 saturated heterocycles. The SMILES string of the molecule is Cc1ccc(CSc2nnc(N3C(=O)C(O)=C(S(=O)(=O)c4ccc(C)cc4)[C@@H]3c3ccc(Cl)cc3)s2)cc1. The molecule has 11 heteroatoms. The molecule has 0 aliphatic carbocycles. The fourth-order valence-corrected chi connectivity index (χ4v) is 7.61. The maximum Gasteiger partial charge on any atom is 0.296 e. The van der Waals surface area contributed by atoms with Crippen molar-refractivity contribution in [2.45, 2.75) is 34.9 Å². The van der Waals surface area contributed by atoms with Crippen LogP contribution in [0.15, 0.2) is 92.7 Å². The second kappa shape index (κ2) is 10.5. The number of thioether (sulfide) groups is 1. The van der Waals surface area contributed by atoms with Gasteiger partial charge in [0.25, 0.3) is 5.91 Å². The molecule has 0 bridgehead atoms. The van der Waals surface area contributed by atoms with Crippen molar-refractivity contribution in [3.63, 3.8) is 0 Å². The van der Waals surface area contributed by atoms with Gasteiger partial charge in [-0.2, -0.15) is 0 Å². The normalized spacial score (nSPS) is 15.9. The summed E-state index contributed by atoms with van der Waals surface area (Å²) in [6, 6.07) is 19.7. The van der Waals surface area contributed by atoms with Crippen LogP contribution in [0.1, 0.15) is 28.3 Å². The number of aryl methyl sites for hydroxylation is 2. The van der Waals surface area contributed by atoms with Gasteiger partial charge in [-0.25, -0.2) is 8.42 Å². The molecular formula is C27H22ClN3O4S3. The number of nitrogens with zero attached hydrogens (tertiary/aromatic N) is 3. The van der Waals surface area contributed by atoms with Crippen molar-refractivity contribution in [2.75, 3.05) is 4.90 Å². The van der Waals surface area contributed by atoms with Gasteiger partial charge in [0.15, 0.2) is 10.1 Å². The number of aliphatic hydroxyl groups excluding tert-OH is 1. The van der Waals surface area contributed by atoms with Crippen LogP contribution in [0, 0.1) is 13.8 Å². The van der Waals surface area contributed by atoms with Gasteiger partial charge in [-0.15, -0.1) is 10.2 Å². The van der Waals surface area contributed by atoms with Gasteiger partial charge in [0.05, 0.1) is 4.90 Å². The van der Waals surface area contributed by atoms with Crippen molar-refractivity contribution in [3.8, 4) is 0 Å². The number of rotatable bonds is 7. The summed E-state index contributed by atoms with van der Waals surface area (Å²) >= 11 is 8.70. The molecule has 1 aromatic heterocycles. The lowest BCUT2D eigenvalue weighted by atomic mass is 10.1. The summed E-state index contributed by atoms with van der Waals surface area (Å²) in [6.07, 6.45) is 0. The Morgan fingerprint density at radius 3 is 2.18 bits per heavy atom. The quantitative estimate of drug-likeness (QED) is 0.197. The first-order chi connectivity index (χ1) is 18.1. The van der Waals surface area contributed by atoms with Gasteiger partial charge in [-0.3, -0.25) is 9.69 Å². The third-order valence-electron chi connectivity index (χ3n) is 6.05. The largest absolute Gasteiger partial charge is 0.502 e. The molecule has 1 N–H and O–H groups in total. The standard InChI is InChI=1S/C27H22ClN3O4S3/c1-16-3-7-18(8-4-16)15-36-27-30-29-26(37-27)31-22(19-9-11-20(28)12-10-19)24(23(32)25(31)33)38(34,35)21-13-5-17(2)6-14-21/h3-14,22,32H,15H2,1-2H3/t22-/m0/s1. The molecule has 0 unspecified atom stereocenters. The lowest BCUT2D eigenvalue weighted by Crippen LogP contribution is -2.31. The minimum atomic E-state index is -4.24. The summed E-state index contributed by atoms with van der Waals surface area (Å²) in [5.41, 5.74) is 3.62. The summed E-state index contributed by atoms with van der Waals surface area (Å²) in [6.45, 7) is 3.86. The topological polar surface area (TPSA) is 100 Å². The first-order valence-corrected chi connectivity index (χ1v) is 15.2. The number of sulfone groups is 1. The zero-order valence-corrected chi connectivity index (χ0v) is 23.5. The Hall–Kier alpha value is -3.18. The van der Waals surface area contributed by atoms with Crippen molar-refractivity contribution in [2.24, 2.45) is 0 Å². The maximum absolute atomic E-state index is 13.8. The highest BCUT2D eigenvalue weighted by molar-refractivity contribution is 8.00. The lowest BCUT2D eigenvalue weighted by Gasteiger charge is -2.24. The number of aliphatic hydroxyl groups is 1. The zero-order chi connectivity index (χ0) is 27.0. The first-order valence-electron chi connectivity index (χ1n) is 11.5. The molecule has 0 radical (unpaired) electrons. The van der Waals surface area contributed by atoms with Crippen LogP contribution in [-0.2, 0) is 20.4 Å². The molecule has 2 heterocycles. The van der Waals surface area contributed by atoms with E-state index in [1.54, 1.807) is 36.4 Å². The molecule has 1 aliphatic heterocycles. The molecule has 0 saturated carbocycles. The molecule has 194 valence electrons. The van der Waals surface area contributed by atoms with Gasteiger partial charge in [0.1, 0.15) is 10.9 Å². The van der Waals surface area contributed by atoms with E-state index in [0.29, 0.717) is 20.7 Å². The Bertz CT molecular complexity index is 1630. The van der Waals surface area contributed by atoms with Crippen LogP contribution < -0.4 is 4.90 Å². The summed E-state index contributed by atoms with van der Waals surface area (Å²) in [4.78, 5) is 14.1. The van der Waals surface area contributed by atoms with Crippen LogP contribution in [0.25, 0.3) is 0 Å². The third-order valence-corrected chi connectivity index (χ3v) is 10.3. The summed E-state index contributed by atoms with van der Waals surface area (Å²) < 4.78 is 28.1. The molecule has 3 aromatic carbocycles. The molecule has 0 spiro atoms. The van der Waals surface area contributed by atoms with Crippen LogP contribution in [0.5, 0.6) is 0 Å². The molecular weight excluding hydrogens is 562 g/mol. The fourth-order valence-electron chi connectivity index (χ4n) is 4.03. The number of hydrogen-bond acceptors (Lipinski definition) is 8. The molecule has 1 aliphatic rings. The highest BCUT2D eigenvalue weighted by atomic mass is 35.5. The average Bonchev–Trinajstić information content (AvgIpc) is 3.47. The van der Waals surface area contributed by atoms with E-state index in [9.17, 15) is 18.3 Å². The van der Waals surface area contributed by atoms with Crippen molar-refractivity contribution in [1.82, 2.24) is 10.2 Å². The van der Waals surface area contributed by atoms with Crippen LogP contribution in [0.2, 0.25) is 5.02 Å². The van der Waals surface area contributed by atoms with Crippen molar-refractivity contribution < 1.29 is 18.3 Å². The summed E-state index contributed by atoms with van der Waals surface area (Å²) in [7, 11) is -4.24. The number of benzene rings is 3. The van der Waals surface area contributed by atoms with E-state index in [0.717, 1.165) is 22.5 Å². The van der Waals surface area contributed by atoms with Gasteiger partial charge >= 0.3 is 0 Å². The van der Waals surface area contributed by atoms with Crippen LogP contribution >= 0.6 is 34.7 Å². The second-order valence-corrected chi connectivity index (χ2v) is 13.3. The van der Waals surface area contributed by atoms with Crippen molar-refractivity contribution in [3.05, 3.63) is 111 Å². The van der Waals surface area contributed by atoms with E-state index in [1.807, 2.05) is 38.1 Å². The smallest absolute Gasteiger partial charge is 0.296 e. The van der Waals surface area contributed by atoms with Crippen LogP contribution in [0.4, 0.5) is 5.13 Å². The molecule has 1 amide bonds. The minimum absolute atomic E-state index is 0.0233. The Labute approximate surface area is 233 Å². The monoisotopic (exact) mass is 583 g/mol.